The van der Waals surface area contributed by atoms with Crippen molar-refractivity contribution in [1.82, 2.24) is 19.8 Å². The van der Waals surface area contributed by atoms with Crippen LogP contribution >= 0.6 is 11.3 Å². The summed E-state index contributed by atoms with van der Waals surface area (Å²) >= 11 is 1.74. The van der Waals surface area contributed by atoms with E-state index in [2.05, 4.69) is 54.9 Å². The van der Waals surface area contributed by atoms with Crippen molar-refractivity contribution in [1.29, 1.82) is 0 Å². The van der Waals surface area contributed by atoms with Crippen LogP contribution in [0.25, 0.3) is 21.1 Å². The SMILES string of the molecule is CCCCCCCCCCCCCN(CC)CCCN(CCCCCCCCCCCCC)CCCCCC(=O)Nc1nc2ccccc2c2sc(CCC)nc12. The van der Waals surface area contributed by atoms with Gasteiger partial charge in [-0.05, 0) is 90.3 Å². The Balaban J connectivity index is 1.37. The number of nitrogens with one attached hydrogen (secondary N) is 1. The first-order chi connectivity index (χ1) is 28.1. The van der Waals surface area contributed by atoms with E-state index in [1.165, 1.54) is 180 Å². The van der Waals surface area contributed by atoms with Crippen LogP contribution in [0.15, 0.2) is 24.3 Å². The van der Waals surface area contributed by atoms with Gasteiger partial charge in [-0.25, -0.2) is 9.97 Å². The zero-order chi connectivity index (χ0) is 40.6. The Morgan fingerprint density at radius 1 is 0.544 bits per heavy atom. The van der Waals surface area contributed by atoms with Gasteiger partial charge in [0.05, 0.1) is 15.2 Å². The molecule has 0 aliphatic heterocycles. The van der Waals surface area contributed by atoms with E-state index in [1.807, 2.05) is 12.1 Å². The molecule has 0 aliphatic carbocycles. The molecule has 324 valence electrons. The standard InChI is InChI=1S/C50H87N5OS/c1-5-9-11-13-15-17-19-21-23-25-31-39-54(8-4)42-34-43-55(40-32-26-24-22-20-18-16-14-12-10-6-2)41-33-27-28-38-46(56)52-50-48-49(57-47(53-48)35-7-3)44-36-29-30-37-45(44)51-50/h29-30,36-37H,5-28,31-35,38-43H2,1-4H3,(H,51,52,56). The molecule has 57 heavy (non-hydrogen) atoms. The number of aromatic nitrogens is 2. The second-order valence-corrected chi connectivity index (χ2v) is 18.2. The monoisotopic (exact) mass is 806 g/mol. The fraction of sp³-hybridized carbons (Fsp3) is 0.780. The summed E-state index contributed by atoms with van der Waals surface area (Å²) in [5.41, 5.74) is 1.76. The molecule has 0 bridgehead atoms. The predicted molar refractivity (Wildman–Crippen MR) is 252 cm³/mol. The average molecular weight is 806 g/mol. The Hall–Kier alpha value is -2.09. The van der Waals surface area contributed by atoms with Crippen LogP contribution in [-0.4, -0.2) is 64.9 Å². The number of pyridine rings is 1. The number of benzene rings is 1. The molecule has 0 aliphatic rings. The molecule has 0 spiro atoms. The maximum absolute atomic E-state index is 13.2. The van der Waals surface area contributed by atoms with Crippen molar-refractivity contribution in [3.63, 3.8) is 0 Å². The first-order valence-corrected chi connectivity index (χ1v) is 25.3. The van der Waals surface area contributed by atoms with E-state index in [-0.39, 0.29) is 5.91 Å². The van der Waals surface area contributed by atoms with Crippen LogP contribution in [-0.2, 0) is 11.2 Å². The zero-order valence-electron chi connectivity index (χ0n) is 37.7. The molecule has 0 atom stereocenters. The maximum Gasteiger partial charge on any atom is 0.225 e. The van der Waals surface area contributed by atoms with Crippen molar-refractivity contribution in [3.05, 3.63) is 29.3 Å². The van der Waals surface area contributed by atoms with Crippen molar-refractivity contribution in [3.8, 4) is 0 Å². The van der Waals surface area contributed by atoms with Crippen LogP contribution in [0.3, 0.4) is 0 Å². The lowest BCUT2D eigenvalue weighted by molar-refractivity contribution is -0.116. The van der Waals surface area contributed by atoms with Gasteiger partial charge in [0, 0.05) is 11.8 Å². The van der Waals surface area contributed by atoms with Crippen LogP contribution in [0.5, 0.6) is 0 Å². The van der Waals surface area contributed by atoms with E-state index in [4.69, 9.17) is 9.97 Å². The molecule has 0 unspecified atom stereocenters. The quantitative estimate of drug-likeness (QED) is 0.0585. The van der Waals surface area contributed by atoms with E-state index < -0.39 is 0 Å². The highest BCUT2D eigenvalue weighted by Gasteiger charge is 2.16. The first-order valence-electron chi connectivity index (χ1n) is 24.5. The number of nitrogens with zero attached hydrogens (tertiary/aromatic N) is 4. The fourth-order valence-electron chi connectivity index (χ4n) is 8.32. The lowest BCUT2D eigenvalue weighted by atomic mass is 10.1. The summed E-state index contributed by atoms with van der Waals surface area (Å²) in [5.74, 6) is 0.675. The molecule has 3 aromatic rings. The van der Waals surface area contributed by atoms with Crippen molar-refractivity contribution in [2.24, 2.45) is 0 Å². The van der Waals surface area contributed by atoms with Gasteiger partial charge in [-0.2, -0.15) is 0 Å². The van der Waals surface area contributed by atoms with Crippen LogP contribution in [0.4, 0.5) is 5.82 Å². The summed E-state index contributed by atoms with van der Waals surface area (Å²) in [6.07, 6.45) is 37.8. The van der Waals surface area contributed by atoms with Gasteiger partial charge < -0.3 is 15.1 Å². The second kappa shape index (κ2) is 32.7. The molecule has 1 amide bonds. The Morgan fingerprint density at radius 2 is 1.02 bits per heavy atom. The highest BCUT2D eigenvalue weighted by molar-refractivity contribution is 7.19. The van der Waals surface area contributed by atoms with Crippen molar-refractivity contribution >= 4 is 44.2 Å². The highest BCUT2D eigenvalue weighted by atomic mass is 32.1. The van der Waals surface area contributed by atoms with Crippen LogP contribution in [0.1, 0.15) is 212 Å². The first kappa shape index (κ1) is 49.3. The van der Waals surface area contributed by atoms with Gasteiger partial charge in [-0.3, -0.25) is 4.79 Å². The third-order valence-electron chi connectivity index (χ3n) is 11.9. The number of hydrogen-bond donors (Lipinski definition) is 1. The maximum atomic E-state index is 13.2. The predicted octanol–water partition coefficient (Wildman–Crippen LogP) is 14.9. The number of carbonyl (C=O) groups excluding carboxylic acids is 1. The van der Waals surface area contributed by atoms with Gasteiger partial charge in [0.1, 0.15) is 5.52 Å². The zero-order valence-corrected chi connectivity index (χ0v) is 38.5. The van der Waals surface area contributed by atoms with Crippen molar-refractivity contribution in [2.45, 2.75) is 214 Å². The molecular formula is C50H87N5OS. The van der Waals surface area contributed by atoms with Gasteiger partial charge >= 0.3 is 0 Å². The van der Waals surface area contributed by atoms with Crippen molar-refractivity contribution < 1.29 is 4.79 Å². The Kier molecular flexibility index (Phi) is 28.3. The number of amides is 1. The Labute approximate surface area is 355 Å². The van der Waals surface area contributed by atoms with E-state index in [1.54, 1.807) is 11.3 Å². The summed E-state index contributed by atoms with van der Waals surface area (Å²) in [6.45, 7) is 16.4. The third kappa shape index (κ3) is 21.7. The highest BCUT2D eigenvalue weighted by Crippen LogP contribution is 2.34. The molecule has 2 aromatic heterocycles. The number of rotatable bonds is 38. The number of para-hydroxylation sites is 1. The van der Waals surface area contributed by atoms with E-state index in [9.17, 15) is 4.79 Å². The normalized spacial score (nSPS) is 11.9. The van der Waals surface area contributed by atoms with E-state index >= 15 is 0 Å². The molecule has 0 saturated heterocycles. The molecule has 7 heteroatoms. The lowest BCUT2D eigenvalue weighted by Crippen LogP contribution is -2.32. The van der Waals surface area contributed by atoms with E-state index in [0.29, 0.717) is 12.2 Å². The Morgan fingerprint density at radius 3 is 1.56 bits per heavy atom. The Bertz CT molecular complexity index is 1420. The molecule has 2 heterocycles. The van der Waals surface area contributed by atoms with Gasteiger partial charge in [0.2, 0.25) is 5.91 Å². The molecular weight excluding hydrogens is 719 g/mol. The van der Waals surface area contributed by atoms with Gasteiger partial charge in [-0.1, -0.05) is 181 Å². The van der Waals surface area contributed by atoms with Gasteiger partial charge in [-0.15, -0.1) is 11.3 Å². The minimum Gasteiger partial charge on any atom is -0.309 e. The van der Waals surface area contributed by atoms with Crippen LogP contribution in [0, 0.1) is 0 Å². The smallest absolute Gasteiger partial charge is 0.225 e. The number of carbonyl (C=O) groups is 1. The molecule has 6 nitrogen and oxygen atoms in total. The third-order valence-corrected chi connectivity index (χ3v) is 13.1. The minimum absolute atomic E-state index is 0.0550. The van der Waals surface area contributed by atoms with Crippen LogP contribution in [0.2, 0.25) is 0 Å². The number of fused-ring (bicyclic) bond motifs is 3. The number of hydrogen-bond acceptors (Lipinski definition) is 6. The molecule has 0 saturated carbocycles. The number of thiazole rings is 1. The molecule has 3 rings (SSSR count). The summed E-state index contributed by atoms with van der Waals surface area (Å²) in [5, 5.41) is 5.39. The van der Waals surface area contributed by atoms with Gasteiger partial charge in [0.15, 0.2) is 5.82 Å². The largest absolute Gasteiger partial charge is 0.309 e. The van der Waals surface area contributed by atoms with Crippen LogP contribution < -0.4 is 5.32 Å². The van der Waals surface area contributed by atoms with Crippen molar-refractivity contribution in [2.75, 3.05) is 44.6 Å². The average Bonchev–Trinajstić information content (AvgIpc) is 3.65. The summed E-state index contributed by atoms with van der Waals surface area (Å²) in [7, 11) is 0. The second-order valence-electron chi connectivity index (χ2n) is 17.1. The summed E-state index contributed by atoms with van der Waals surface area (Å²) in [4.78, 5) is 28.4. The number of aryl methyl sites for hydroxylation is 1. The molecule has 0 fully saturated rings. The summed E-state index contributed by atoms with van der Waals surface area (Å²) in [6, 6.07) is 8.22. The fourth-order valence-corrected chi connectivity index (χ4v) is 9.53. The van der Waals surface area contributed by atoms with E-state index in [0.717, 1.165) is 64.8 Å². The molecule has 1 N–H and O–H groups in total. The number of unbranched alkanes of at least 4 members (excludes halogenated alkanes) is 22. The molecule has 1 aromatic carbocycles. The molecule has 0 radical (unpaired) electrons. The van der Waals surface area contributed by atoms with Gasteiger partial charge in [0.25, 0.3) is 0 Å². The summed E-state index contributed by atoms with van der Waals surface area (Å²) < 4.78 is 1.13. The topological polar surface area (TPSA) is 61.4 Å². The lowest BCUT2D eigenvalue weighted by Gasteiger charge is -2.25. The minimum atomic E-state index is 0.0550. The number of anilines is 1.